The number of amides is 1. The first-order valence-corrected chi connectivity index (χ1v) is 10.3. The zero-order valence-electron chi connectivity index (χ0n) is 16.4. The van der Waals surface area contributed by atoms with Crippen LogP contribution in [-0.2, 0) is 22.4 Å². The van der Waals surface area contributed by atoms with Crippen LogP contribution < -0.4 is 5.32 Å². The molecular formula is C22H27NO3S. The Labute approximate surface area is 164 Å². The van der Waals surface area contributed by atoms with Crippen LogP contribution in [0.5, 0.6) is 0 Å². The summed E-state index contributed by atoms with van der Waals surface area (Å²) in [7, 11) is 0. The number of thiophene rings is 1. The summed E-state index contributed by atoms with van der Waals surface area (Å²) in [6, 6.07) is 7.90. The highest BCUT2D eigenvalue weighted by Crippen LogP contribution is 2.32. The number of anilines is 1. The molecule has 1 amide bonds. The lowest BCUT2D eigenvalue weighted by Crippen LogP contribution is -2.22. The van der Waals surface area contributed by atoms with Crippen molar-refractivity contribution >= 4 is 28.9 Å². The van der Waals surface area contributed by atoms with Gasteiger partial charge in [-0.25, -0.2) is 4.79 Å². The van der Waals surface area contributed by atoms with Gasteiger partial charge in [0.05, 0.1) is 0 Å². The van der Waals surface area contributed by atoms with E-state index in [1.54, 1.807) is 0 Å². The summed E-state index contributed by atoms with van der Waals surface area (Å²) in [6.07, 6.45) is 3.21. The molecule has 1 aliphatic rings. The van der Waals surface area contributed by atoms with Gasteiger partial charge in [-0.1, -0.05) is 39.0 Å². The van der Waals surface area contributed by atoms with Crippen molar-refractivity contribution in [3.05, 3.63) is 50.7 Å². The molecule has 1 aromatic carbocycles. The van der Waals surface area contributed by atoms with E-state index < -0.39 is 5.97 Å². The van der Waals surface area contributed by atoms with Crippen LogP contribution in [0.1, 0.15) is 64.3 Å². The highest BCUT2D eigenvalue weighted by Gasteiger charge is 2.22. The number of aryl methyl sites for hydroxylation is 2. The van der Waals surface area contributed by atoms with Gasteiger partial charge in [0, 0.05) is 10.6 Å². The molecule has 1 aromatic heterocycles. The van der Waals surface area contributed by atoms with E-state index in [2.05, 4.69) is 26.1 Å². The number of rotatable bonds is 5. The van der Waals surface area contributed by atoms with E-state index in [4.69, 9.17) is 4.74 Å². The summed E-state index contributed by atoms with van der Waals surface area (Å²) in [5.41, 5.74) is 4.15. The SMILES string of the molecule is Cc1cccc(C(C)C)c1NC(=O)COC(=O)c1cc2c(s1)CC[C@@H](C)C2. The van der Waals surface area contributed by atoms with Gasteiger partial charge in [0.2, 0.25) is 0 Å². The minimum Gasteiger partial charge on any atom is -0.451 e. The van der Waals surface area contributed by atoms with Crippen LogP contribution in [0.4, 0.5) is 5.69 Å². The first-order valence-electron chi connectivity index (χ1n) is 9.53. The number of nitrogens with one attached hydrogen (secondary N) is 1. The molecule has 4 nitrogen and oxygen atoms in total. The average molecular weight is 386 g/mol. The molecule has 1 N–H and O–H groups in total. The molecule has 27 heavy (non-hydrogen) atoms. The Kier molecular flexibility index (Phi) is 6.00. The smallest absolute Gasteiger partial charge is 0.348 e. The van der Waals surface area contributed by atoms with E-state index in [1.165, 1.54) is 28.2 Å². The van der Waals surface area contributed by atoms with E-state index in [0.29, 0.717) is 16.7 Å². The number of carbonyl (C=O) groups is 2. The summed E-state index contributed by atoms with van der Waals surface area (Å²) in [6.45, 7) is 8.10. The van der Waals surface area contributed by atoms with E-state index in [-0.39, 0.29) is 12.5 Å². The Morgan fingerprint density at radius 1 is 1.33 bits per heavy atom. The Hall–Kier alpha value is -2.14. The second-order valence-corrected chi connectivity index (χ2v) is 8.86. The number of esters is 1. The van der Waals surface area contributed by atoms with Gasteiger partial charge in [-0.05, 0) is 60.8 Å². The molecule has 0 saturated carbocycles. The molecule has 0 aliphatic heterocycles. The van der Waals surface area contributed by atoms with Gasteiger partial charge in [0.25, 0.3) is 5.91 Å². The van der Waals surface area contributed by atoms with Gasteiger partial charge in [-0.3, -0.25) is 4.79 Å². The number of para-hydroxylation sites is 1. The molecule has 3 rings (SSSR count). The maximum atomic E-state index is 12.4. The molecule has 144 valence electrons. The maximum Gasteiger partial charge on any atom is 0.348 e. The van der Waals surface area contributed by atoms with Crippen molar-refractivity contribution < 1.29 is 14.3 Å². The second kappa shape index (κ2) is 8.26. The lowest BCUT2D eigenvalue weighted by Gasteiger charge is -2.16. The number of fused-ring (bicyclic) bond motifs is 1. The van der Waals surface area contributed by atoms with E-state index in [0.717, 1.165) is 29.7 Å². The summed E-state index contributed by atoms with van der Waals surface area (Å²) < 4.78 is 5.27. The molecule has 2 aromatic rings. The van der Waals surface area contributed by atoms with Crippen molar-refractivity contribution in [3.63, 3.8) is 0 Å². The monoisotopic (exact) mass is 385 g/mol. The summed E-state index contributed by atoms with van der Waals surface area (Å²) in [5, 5.41) is 2.91. The van der Waals surface area contributed by atoms with Crippen LogP contribution in [0.25, 0.3) is 0 Å². The predicted molar refractivity (Wildman–Crippen MR) is 110 cm³/mol. The summed E-state index contributed by atoms with van der Waals surface area (Å²) in [5.74, 6) is 0.231. The zero-order valence-corrected chi connectivity index (χ0v) is 17.2. The first-order chi connectivity index (χ1) is 12.8. The van der Waals surface area contributed by atoms with Crippen molar-refractivity contribution in [1.29, 1.82) is 0 Å². The molecule has 0 bridgehead atoms. The van der Waals surface area contributed by atoms with Crippen molar-refractivity contribution in [3.8, 4) is 0 Å². The number of benzene rings is 1. The first kappa shape index (κ1) is 19.6. The van der Waals surface area contributed by atoms with Crippen LogP contribution in [0.2, 0.25) is 0 Å². The third-order valence-electron chi connectivity index (χ3n) is 5.06. The summed E-state index contributed by atoms with van der Waals surface area (Å²) >= 11 is 1.50. The fourth-order valence-electron chi connectivity index (χ4n) is 3.53. The van der Waals surface area contributed by atoms with Crippen molar-refractivity contribution in [2.75, 3.05) is 11.9 Å². The predicted octanol–water partition coefficient (Wildman–Crippen LogP) is 5.10. The van der Waals surface area contributed by atoms with E-state index in [9.17, 15) is 9.59 Å². The number of carbonyl (C=O) groups excluding carboxylic acids is 2. The van der Waals surface area contributed by atoms with Crippen LogP contribution in [0.3, 0.4) is 0 Å². The third kappa shape index (κ3) is 4.59. The van der Waals surface area contributed by atoms with Gasteiger partial charge in [-0.15, -0.1) is 11.3 Å². The number of ether oxygens (including phenoxy) is 1. The van der Waals surface area contributed by atoms with Gasteiger partial charge < -0.3 is 10.1 Å². The molecule has 0 saturated heterocycles. The Bertz CT molecular complexity index is 853. The second-order valence-electron chi connectivity index (χ2n) is 7.73. The van der Waals surface area contributed by atoms with Crippen molar-refractivity contribution in [2.24, 2.45) is 5.92 Å². The van der Waals surface area contributed by atoms with Crippen LogP contribution in [-0.4, -0.2) is 18.5 Å². The van der Waals surface area contributed by atoms with E-state index >= 15 is 0 Å². The quantitative estimate of drug-likeness (QED) is 0.729. The fourth-order valence-corrected chi connectivity index (χ4v) is 4.63. The van der Waals surface area contributed by atoms with Gasteiger partial charge in [0.1, 0.15) is 4.88 Å². The molecule has 0 spiro atoms. The third-order valence-corrected chi connectivity index (χ3v) is 6.27. The Morgan fingerprint density at radius 3 is 2.85 bits per heavy atom. The molecule has 5 heteroatoms. The average Bonchev–Trinajstić information content (AvgIpc) is 3.04. The van der Waals surface area contributed by atoms with Crippen molar-refractivity contribution in [1.82, 2.24) is 0 Å². The highest BCUT2D eigenvalue weighted by atomic mass is 32.1. The molecule has 0 fully saturated rings. The minimum absolute atomic E-state index is 0.274. The van der Waals surface area contributed by atoms with Gasteiger partial charge >= 0.3 is 5.97 Å². The normalized spacial score (nSPS) is 16.1. The fraction of sp³-hybridized carbons (Fsp3) is 0.455. The van der Waals surface area contributed by atoms with Gasteiger partial charge in [0.15, 0.2) is 6.61 Å². The standard InChI is InChI=1S/C22H27NO3S/c1-13(2)17-7-5-6-15(4)21(17)23-20(24)12-26-22(25)19-11-16-10-14(3)8-9-18(16)27-19/h5-7,11,13-14H,8-10,12H2,1-4H3,(H,23,24)/t14-/m1/s1. The van der Waals surface area contributed by atoms with Gasteiger partial charge in [-0.2, -0.15) is 0 Å². The largest absolute Gasteiger partial charge is 0.451 e. The minimum atomic E-state index is -0.411. The molecule has 1 heterocycles. The Balaban J connectivity index is 1.61. The van der Waals surface area contributed by atoms with Crippen LogP contribution in [0, 0.1) is 12.8 Å². The molecular weight excluding hydrogens is 358 g/mol. The van der Waals surface area contributed by atoms with Crippen LogP contribution in [0.15, 0.2) is 24.3 Å². The zero-order chi connectivity index (χ0) is 19.6. The lowest BCUT2D eigenvalue weighted by atomic mass is 9.90. The number of hydrogen-bond donors (Lipinski definition) is 1. The highest BCUT2D eigenvalue weighted by molar-refractivity contribution is 7.14. The molecule has 1 atom stereocenters. The Morgan fingerprint density at radius 2 is 2.11 bits per heavy atom. The molecule has 0 unspecified atom stereocenters. The molecule has 1 aliphatic carbocycles. The molecule has 0 radical (unpaired) electrons. The van der Waals surface area contributed by atoms with Crippen LogP contribution >= 0.6 is 11.3 Å². The lowest BCUT2D eigenvalue weighted by molar-refractivity contribution is -0.119. The van der Waals surface area contributed by atoms with Crippen molar-refractivity contribution in [2.45, 2.75) is 52.9 Å². The van der Waals surface area contributed by atoms with E-state index in [1.807, 2.05) is 31.2 Å². The maximum absolute atomic E-state index is 12.4. The summed E-state index contributed by atoms with van der Waals surface area (Å²) in [4.78, 5) is 26.6. The number of hydrogen-bond acceptors (Lipinski definition) is 4. The topological polar surface area (TPSA) is 55.4 Å².